The molecular weight excluding hydrogens is 386 g/mol. The molecular formula is C20H18ClNO4S. The normalized spacial score (nSPS) is 14.3. The van der Waals surface area contributed by atoms with E-state index >= 15 is 0 Å². The number of halogens is 1. The van der Waals surface area contributed by atoms with Crippen LogP contribution in [0.2, 0.25) is 5.02 Å². The van der Waals surface area contributed by atoms with Crippen molar-refractivity contribution in [3.05, 3.63) is 63.5 Å². The van der Waals surface area contributed by atoms with Crippen molar-refractivity contribution in [1.82, 2.24) is 0 Å². The van der Waals surface area contributed by atoms with E-state index in [9.17, 15) is 14.7 Å². The van der Waals surface area contributed by atoms with Crippen molar-refractivity contribution in [3.63, 3.8) is 0 Å². The van der Waals surface area contributed by atoms with Crippen molar-refractivity contribution in [2.45, 2.75) is 6.92 Å². The standard InChI is InChI=1S/C20H18ClNO4S/c1-12-15(21)4-3-5-16(12)22-19(24)17(18(20(22)25)27-11-10-23)13-6-8-14(26-2)9-7-13/h3-9,23H,10-11H2,1-2H3. The van der Waals surface area contributed by atoms with Gasteiger partial charge in [0.15, 0.2) is 0 Å². The zero-order chi connectivity index (χ0) is 19.6. The van der Waals surface area contributed by atoms with E-state index in [1.54, 1.807) is 56.5 Å². The second-order valence-electron chi connectivity index (χ2n) is 5.83. The van der Waals surface area contributed by atoms with E-state index in [-0.39, 0.29) is 6.61 Å². The Morgan fingerprint density at radius 3 is 2.44 bits per heavy atom. The van der Waals surface area contributed by atoms with E-state index < -0.39 is 11.8 Å². The first-order chi connectivity index (χ1) is 13.0. The fourth-order valence-corrected chi connectivity index (χ4v) is 3.89. The average Bonchev–Trinajstić information content (AvgIpc) is 2.92. The molecule has 2 aromatic carbocycles. The summed E-state index contributed by atoms with van der Waals surface area (Å²) in [5, 5.41) is 9.66. The van der Waals surface area contributed by atoms with Gasteiger partial charge in [0.25, 0.3) is 11.8 Å². The number of thioether (sulfide) groups is 1. The molecule has 1 aliphatic rings. The average molecular weight is 404 g/mol. The first kappa shape index (κ1) is 19.5. The van der Waals surface area contributed by atoms with Crippen LogP contribution >= 0.6 is 23.4 Å². The highest BCUT2D eigenvalue weighted by Crippen LogP contribution is 2.40. The Hall–Kier alpha value is -2.28. The van der Waals surface area contributed by atoms with Crippen molar-refractivity contribution >= 4 is 46.4 Å². The Bertz CT molecular complexity index is 924. The van der Waals surface area contributed by atoms with E-state index in [1.807, 2.05) is 0 Å². The van der Waals surface area contributed by atoms with Crippen LogP contribution in [-0.2, 0) is 9.59 Å². The molecule has 0 saturated carbocycles. The highest BCUT2D eigenvalue weighted by Gasteiger charge is 2.40. The maximum Gasteiger partial charge on any atom is 0.272 e. The number of aliphatic hydroxyl groups is 1. The zero-order valence-electron chi connectivity index (χ0n) is 14.9. The Morgan fingerprint density at radius 2 is 1.81 bits per heavy atom. The summed E-state index contributed by atoms with van der Waals surface area (Å²) in [5.74, 6) is 0.157. The topological polar surface area (TPSA) is 66.8 Å². The summed E-state index contributed by atoms with van der Waals surface area (Å²) in [7, 11) is 1.56. The molecule has 1 aliphatic heterocycles. The number of imide groups is 1. The van der Waals surface area contributed by atoms with E-state index in [2.05, 4.69) is 0 Å². The molecule has 2 amide bonds. The predicted molar refractivity (Wildman–Crippen MR) is 108 cm³/mol. The van der Waals surface area contributed by atoms with Gasteiger partial charge < -0.3 is 9.84 Å². The van der Waals surface area contributed by atoms with Crippen molar-refractivity contribution in [2.75, 3.05) is 24.4 Å². The van der Waals surface area contributed by atoms with Crippen molar-refractivity contribution in [1.29, 1.82) is 0 Å². The van der Waals surface area contributed by atoms with E-state index in [0.717, 1.165) is 4.90 Å². The molecule has 0 atom stereocenters. The van der Waals surface area contributed by atoms with Crippen molar-refractivity contribution in [3.8, 4) is 5.75 Å². The number of anilines is 1. The van der Waals surface area contributed by atoms with Gasteiger partial charge in [-0.3, -0.25) is 9.59 Å². The van der Waals surface area contributed by atoms with Gasteiger partial charge in [0.2, 0.25) is 0 Å². The number of rotatable bonds is 6. The molecule has 5 nitrogen and oxygen atoms in total. The van der Waals surface area contributed by atoms with Crippen LogP contribution in [0.5, 0.6) is 5.75 Å². The number of carbonyl (C=O) groups is 2. The van der Waals surface area contributed by atoms with Gasteiger partial charge in [-0.25, -0.2) is 4.90 Å². The third kappa shape index (κ3) is 3.60. The second kappa shape index (κ2) is 8.17. The lowest BCUT2D eigenvalue weighted by Crippen LogP contribution is -2.32. The third-order valence-corrected chi connectivity index (χ3v) is 5.70. The minimum Gasteiger partial charge on any atom is -0.497 e. The van der Waals surface area contributed by atoms with Gasteiger partial charge in [0, 0.05) is 10.8 Å². The van der Waals surface area contributed by atoms with Gasteiger partial charge in [-0.05, 0) is 42.3 Å². The number of methoxy groups -OCH3 is 1. The molecule has 27 heavy (non-hydrogen) atoms. The van der Waals surface area contributed by atoms with Crippen LogP contribution < -0.4 is 9.64 Å². The Balaban J connectivity index is 2.09. The fourth-order valence-electron chi connectivity index (χ4n) is 2.86. The van der Waals surface area contributed by atoms with E-state index in [0.29, 0.717) is 43.8 Å². The van der Waals surface area contributed by atoms with Crippen LogP contribution in [0, 0.1) is 6.92 Å². The number of hydrogen-bond donors (Lipinski definition) is 1. The summed E-state index contributed by atoms with van der Waals surface area (Å²) < 4.78 is 5.16. The van der Waals surface area contributed by atoms with Crippen molar-refractivity contribution in [2.24, 2.45) is 0 Å². The molecule has 3 rings (SSSR count). The molecule has 0 unspecified atom stereocenters. The summed E-state index contributed by atoms with van der Waals surface area (Å²) in [6.45, 7) is 1.67. The molecule has 0 radical (unpaired) electrons. The maximum absolute atomic E-state index is 13.2. The molecule has 0 spiro atoms. The highest BCUT2D eigenvalue weighted by atomic mass is 35.5. The molecule has 1 N–H and O–H groups in total. The highest BCUT2D eigenvalue weighted by molar-refractivity contribution is 8.04. The lowest BCUT2D eigenvalue weighted by Gasteiger charge is -2.18. The molecule has 2 aromatic rings. The molecule has 140 valence electrons. The summed E-state index contributed by atoms with van der Waals surface area (Å²) in [4.78, 5) is 27.7. The number of amides is 2. The second-order valence-corrected chi connectivity index (χ2v) is 7.35. The van der Waals surface area contributed by atoms with Crippen LogP contribution in [0.15, 0.2) is 47.4 Å². The van der Waals surface area contributed by atoms with Gasteiger partial charge >= 0.3 is 0 Å². The third-order valence-electron chi connectivity index (χ3n) is 4.24. The minimum absolute atomic E-state index is 0.0955. The van der Waals surface area contributed by atoms with Crippen LogP contribution in [0.25, 0.3) is 5.57 Å². The molecule has 0 bridgehead atoms. The lowest BCUT2D eigenvalue weighted by molar-refractivity contribution is -0.119. The van der Waals surface area contributed by atoms with E-state index in [1.165, 1.54) is 11.8 Å². The smallest absolute Gasteiger partial charge is 0.272 e. The monoisotopic (exact) mass is 403 g/mol. The minimum atomic E-state index is -0.408. The summed E-state index contributed by atoms with van der Waals surface area (Å²) >= 11 is 7.35. The van der Waals surface area contributed by atoms with Crippen LogP contribution in [0.1, 0.15) is 11.1 Å². The lowest BCUT2D eigenvalue weighted by atomic mass is 10.1. The number of ether oxygens (including phenoxy) is 1. The first-order valence-corrected chi connectivity index (χ1v) is 9.62. The Kier molecular flexibility index (Phi) is 5.89. The van der Waals surface area contributed by atoms with Crippen molar-refractivity contribution < 1.29 is 19.4 Å². The SMILES string of the molecule is COc1ccc(C2=C(SCCO)C(=O)N(c3cccc(Cl)c3C)C2=O)cc1. The number of benzene rings is 2. The number of carbonyl (C=O) groups excluding carboxylic acids is 2. The Morgan fingerprint density at radius 1 is 1.11 bits per heavy atom. The number of nitrogens with zero attached hydrogens (tertiary/aromatic N) is 1. The molecule has 0 aliphatic carbocycles. The summed E-state index contributed by atoms with van der Waals surface area (Å²) in [6, 6.07) is 12.1. The number of hydrogen-bond acceptors (Lipinski definition) is 5. The van der Waals surface area contributed by atoms with Gasteiger partial charge in [-0.1, -0.05) is 29.8 Å². The molecule has 0 aromatic heterocycles. The Labute approximate surface area is 166 Å². The molecule has 7 heteroatoms. The first-order valence-electron chi connectivity index (χ1n) is 8.25. The summed E-state index contributed by atoms with van der Waals surface area (Å²) in [6.07, 6.45) is 0. The summed E-state index contributed by atoms with van der Waals surface area (Å²) in [5.41, 5.74) is 2.06. The van der Waals surface area contributed by atoms with Gasteiger partial charge in [-0.2, -0.15) is 0 Å². The number of aliphatic hydroxyl groups excluding tert-OH is 1. The quantitative estimate of drug-likeness (QED) is 0.745. The van der Waals surface area contributed by atoms with Crippen LogP contribution in [0.3, 0.4) is 0 Å². The maximum atomic E-state index is 13.2. The largest absolute Gasteiger partial charge is 0.497 e. The van der Waals surface area contributed by atoms with Crippen LogP contribution in [0.4, 0.5) is 5.69 Å². The fraction of sp³-hybridized carbons (Fsp3) is 0.200. The van der Waals surface area contributed by atoms with Crippen LogP contribution in [-0.4, -0.2) is 36.4 Å². The van der Waals surface area contributed by atoms with E-state index in [4.69, 9.17) is 16.3 Å². The molecule has 0 saturated heterocycles. The molecule has 0 fully saturated rings. The predicted octanol–water partition coefficient (Wildman–Crippen LogP) is 3.67. The zero-order valence-corrected chi connectivity index (χ0v) is 16.4. The van der Waals surface area contributed by atoms with Gasteiger partial charge in [-0.15, -0.1) is 11.8 Å². The van der Waals surface area contributed by atoms with Gasteiger partial charge in [0.1, 0.15) is 5.75 Å². The van der Waals surface area contributed by atoms with Gasteiger partial charge in [0.05, 0.1) is 29.9 Å². The molecule has 1 heterocycles.